The highest BCUT2D eigenvalue weighted by Gasteiger charge is 2.28. The van der Waals surface area contributed by atoms with Gasteiger partial charge in [-0.2, -0.15) is 0 Å². The van der Waals surface area contributed by atoms with E-state index in [2.05, 4.69) is 10.1 Å². The van der Waals surface area contributed by atoms with Gasteiger partial charge in [0, 0.05) is 6.42 Å². The lowest BCUT2D eigenvalue weighted by Crippen LogP contribution is -2.51. The second-order valence-electron chi connectivity index (χ2n) is 4.51. The van der Waals surface area contributed by atoms with Crippen LogP contribution < -0.4 is 16.8 Å². The number of hydrogen-bond acceptors (Lipinski definition) is 5. The summed E-state index contributed by atoms with van der Waals surface area (Å²) in [7, 11) is 1.26. The van der Waals surface area contributed by atoms with E-state index in [4.69, 9.17) is 11.5 Å². The van der Waals surface area contributed by atoms with Gasteiger partial charge in [0.1, 0.15) is 6.04 Å². The van der Waals surface area contributed by atoms with Crippen LogP contribution in [-0.4, -0.2) is 37.0 Å². The van der Waals surface area contributed by atoms with Crippen molar-refractivity contribution in [1.82, 2.24) is 5.32 Å². The summed E-state index contributed by atoms with van der Waals surface area (Å²) >= 11 is 0. The minimum Gasteiger partial charge on any atom is -0.467 e. The van der Waals surface area contributed by atoms with Crippen LogP contribution in [0.4, 0.5) is 0 Å². The number of carbonyl (C=O) groups excluding carboxylic acids is 3. The summed E-state index contributed by atoms with van der Waals surface area (Å²) in [5.41, 5.74) is 10.6. The van der Waals surface area contributed by atoms with Crippen molar-refractivity contribution in [3.8, 4) is 0 Å². The molecule has 0 rings (SSSR count). The maximum atomic E-state index is 11.8. The topological polar surface area (TPSA) is 125 Å². The molecule has 0 heterocycles. The normalized spacial score (nSPS) is 15.2. The number of rotatable bonds is 8. The van der Waals surface area contributed by atoms with E-state index < -0.39 is 29.9 Å². The summed E-state index contributed by atoms with van der Waals surface area (Å²) in [5, 5.41) is 2.55. The van der Waals surface area contributed by atoms with Gasteiger partial charge in [-0.25, -0.2) is 4.79 Å². The van der Waals surface area contributed by atoms with E-state index in [0.717, 1.165) is 0 Å². The van der Waals surface area contributed by atoms with Gasteiger partial charge < -0.3 is 21.5 Å². The number of hydrogen-bond donors (Lipinski definition) is 3. The van der Waals surface area contributed by atoms with Crippen LogP contribution in [0.15, 0.2) is 0 Å². The van der Waals surface area contributed by atoms with E-state index in [1.54, 1.807) is 0 Å². The van der Waals surface area contributed by atoms with E-state index in [1.165, 1.54) is 7.11 Å². The smallest absolute Gasteiger partial charge is 0.328 e. The van der Waals surface area contributed by atoms with Crippen molar-refractivity contribution in [2.45, 2.75) is 45.2 Å². The number of nitrogens with one attached hydrogen (secondary N) is 1. The number of ether oxygens (including phenoxy) is 1. The molecular weight excluding hydrogens is 250 g/mol. The van der Waals surface area contributed by atoms with Crippen molar-refractivity contribution in [2.24, 2.45) is 17.4 Å². The van der Waals surface area contributed by atoms with E-state index in [9.17, 15) is 14.4 Å². The van der Waals surface area contributed by atoms with Crippen molar-refractivity contribution in [2.75, 3.05) is 7.11 Å². The second kappa shape index (κ2) is 8.47. The van der Waals surface area contributed by atoms with Crippen molar-refractivity contribution in [3.63, 3.8) is 0 Å². The fraction of sp³-hybridized carbons (Fsp3) is 0.750. The summed E-state index contributed by atoms with van der Waals surface area (Å²) in [6.45, 7) is 3.73. The molecule has 0 aromatic heterocycles. The highest BCUT2D eigenvalue weighted by molar-refractivity contribution is 5.88. The monoisotopic (exact) mass is 273 g/mol. The Morgan fingerprint density at radius 3 is 2.32 bits per heavy atom. The summed E-state index contributed by atoms with van der Waals surface area (Å²) in [4.78, 5) is 34.0. The van der Waals surface area contributed by atoms with Gasteiger partial charge >= 0.3 is 5.97 Å². The van der Waals surface area contributed by atoms with Gasteiger partial charge in [-0.05, 0) is 12.3 Å². The van der Waals surface area contributed by atoms with Gasteiger partial charge in [0.2, 0.25) is 11.8 Å². The zero-order chi connectivity index (χ0) is 15.0. The average Bonchev–Trinajstić information content (AvgIpc) is 2.39. The van der Waals surface area contributed by atoms with Gasteiger partial charge in [0.05, 0.1) is 13.2 Å². The first kappa shape index (κ1) is 17.4. The lowest BCUT2D eigenvalue weighted by molar-refractivity contribution is -0.146. The highest BCUT2D eigenvalue weighted by Crippen LogP contribution is 2.09. The van der Waals surface area contributed by atoms with Crippen LogP contribution in [-0.2, 0) is 19.1 Å². The van der Waals surface area contributed by atoms with Crippen molar-refractivity contribution >= 4 is 17.8 Å². The quantitative estimate of drug-likeness (QED) is 0.503. The number of carbonyl (C=O) groups is 3. The molecule has 7 nitrogen and oxygen atoms in total. The highest BCUT2D eigenvalue weighted by atomic mass is 16.5. The molecule has 7 heteroatoms. The van der Waals surface area contributed by atoms with E-state index in [1.807, 2.05) is 13.8 Å². The number of amides is 2. The maximum absolute atomic E-state index is 11.8. The Morgan fingerprint density at radius 2 is 1.89 bits per heavy atom. The lowest BCUT2D eigenvalue weighted by atomic mass is 9.98. The molecule has 5 N–H and O–H groups in total. The Labute approximate surface area is 113 Å². The second-order valence-corrected chi connectivity index (χ2v) is 4.51. The van der Waals surface area contributed by atoms with Crippen LogP contribution in [0.3, 0.4) is 0 Å². The van der Waals surface area contributed by atoms with Crippen LogP contribution in [0.1, 0.15) is 33.1 Å². The summed E-state index contributed by atoms with van der Waals surface area (Å²) in [6.07, 6.45) is 0.882. The van der Waals surface area contributed by atoms with Gasteiger partial charge in [0.15, 0.2) is 0 Å². The third-order valence-corrected chi connectivity index (χ3v) is 3.00. The van der Waals surface area contributed by atoms with Crippen LogP contribution in [0.5, 0.6) is 0 Å². The zero-order valence-electron chi connectivity index (χ0n) is 11.6. The number of nitrogens with two attached hydrogens (primary N) is 2. The molecule has 0 aromatic carbocycles. The summed E-state index contributed by atoms with van der Waals surface area (Å²) in [6, 6.07) is -1.61. The molecule has 0 radical (unpaired) electrons. The molecule has 0 saturated heterocycles. The third kappa shape index (κ3) is 6.19. The van der Waals surface area contributed by atoms with E-state index in [0.29, 0.717) is 6.42 Å². The Hall–Kier alpha value is -1.63. The summed E-state index contributed by atoms with van der Waals surface area (Å²) in [5.74, 6) is -1.59. The molecule has 0 aliphatic carbocycles. The average molecular weight is 273 g/mol. The molecular formula is C12H23N3O4. The van der Waals surface area contributed by atoms with Crippen LogP contribution in [0, 0.1) is 5.92 Å². The minimum absolute atomic E-state index is 0.0286. The Balaban J connectivity index is 4.53. The van der Waals surface area contributed by atoms with Gasteiger partial charge in [-0.3, -0.25) is 9.59 Å². The molecule has 0 aliphatic rings. The molecule has 0 fully saturated rings. The van der Waals surface area contributed by atoms with Crippen LogP contribution in [0.2, 0.25) is 0 Å². The van der Waals surface area contributed by atoms with Crippen LogP contribution >= 0.6 is 0 Å². The van der Waals surface area contributed by atoms with E-state index in [-0.39, 0.29) is 18.8 Å². The molecule has 0 spiro atoms. The maximum Gasteiger partial charge on any atom is 0.328 e. The lowest BCUT2D eigenvalue weighted by Gasteiger charge is -2.23. The van der Waals surface area contributed by atoms with Crippen LogP contribution in [0.25, 0.3) is 0 Å². The van der Waals surface area contributed by atoms with Gasteiger partial charge in [-0.15, -0.1) is 0 Å². The Bertz CT molecular complexity index is 333. The van der Waals surface area contributed by atoms with Crippen molar-refractivity contribution in [1.29, 1.82) is 0 Å². The summed E-state index contributed by atoms with van der Waals surface area (Å²) < 4.78 is 4.65. The van der Waals surface area contributed by atoms with Gasteiger partial charge in [0.25, 0.3) is 0 Å². The Morgan fingerprint density at radius 1 is 1.32 bits per heavy atom. The molecule has 0 aliphatic heterocycles. The molecule has 0 unspecified atom stereocenters. The van der Waals surface area contributed by atoms with Crippen molar-refractivity contribution in [3.05, 3.63) is 0 Å². The first-order valence-electron chi connectivity index (χ1n) is 6.25. The molecule has 2 amide bonds. The fourth-order valence-electron chi connectivity index (χ4n) is 1.49. The molecule has 3 atom stereocenters. The molecule has 0 aromatic rings. The minimum atomic E-state index is -0.872. The molecule has 0 saturated carbocycles. The Kier molecular flexibility index (Phi) is 7.74. The first-order chi connectivity index (χ1) is 8.83. The van der Waals surface area contributed by atoms with Crippen molar-refractivity contribution < 1.29 is 19.1 Å². The molecule has 110 valence electrons. The largest absolute Gasteiger partial charge is 0.467 e. The number of esters is 1. The standard InChI is InChI=1S/C12H23N3O4/c1-4-7(2)10(12(18)19-3)15-11(17)8(13)5-6-9(14)16/h7-8,10H,4-6,13H2,1-3H3,(H2,14,16)(H,15,17)/t7-,8-,10-/m0/s1. The molecule has 19 heavy (non-hydrogen) atoms. The third-order valence-electron chi connectivity index (χ3n) is 3.00. The zero-order valence-corrected chi connectivity index (χ0v) is 11.6. The first-order valence-corrected chi connectivity index (χ1v) is 6.25. The fourth-order valence-corrected chi connectivity index (χ4v) is 1.49. The van der Waals surface area contributed by atoms with Gasteiger partial charge in [-0.1, -0.05) is 20.3 Å². The number of methoxy groups -OCH3 is 1. The predicted octanol–water partition coefficient (Wildman–Crippen LogP) is -0.717. The SMILES string of the molecule is CC[C@H](C)[C@H](NC(=O)[C@@H](N)CCC(N)=O)C(=O)OC. The predicted molar refractivity (Wildman–Crippen MR) is 69.8 cm³/mol. The number of primary amides is 1. The van der Waals surface area contributed by atoms with E-state index >= 15 is 0 Å². The molecule has 0 bridgehead atoms.